The molecule has 1 aliphatic rings. The zero-order chi connectivity index (χ0) is 13.5. The van der Waals surface area contributed by atoms with Gasteiger partial charge in [-0.15, -0.1) is 0 Å². The molecule has 0 spiro atoms. The van der Waals surface area contributed by atoms with Crippen LogP contribution in [-0.2, 0) is 4.79 Å². The van der Waals surface area contributed by atoms with Crippen LogP contribution in [0.25, 0.3) is 0 Å². The van der Waals surface area contributed by atoms with Crippen LogP contribution in [0.3, 0.4) is 0 Å². The summed E-state index contributed by atoms with van der Waals surface area (Å²) in [6.45, 7) is 1.16. The topological polar surface area (TPSA) is 63.6 Å². The van der Waals surface area contributed by atoms with E-state index < -0.39 is 29.7 Å². The second-order valence-electron chi connectivity index (χ2n) is 4.06. The van der Waals surface area contributed by atoms with Gasteiger partial charge >= 0.3 is 5.97 Å². The first kappa shape index (κ1) is 12.5. The molecule has 6 heteroatoms. The third-order valence-electron chi connectivity index (χ3n) is 3.15. The van der Waals surface area contributed by atoms with Gasteiger partial charge in [-0.05, 0) is 19.1 Å². The van der Waals surface area contributed by atoms with E-state index in [1.54, 1.807) is 6.07 Å². The summed E-state index contributed by atoms with van der Waals surface area (Å²) in [7, 11) is 0. The van der Waals surface area contributed by atoms with Crippen LogP contribution < -0.4 is 4.74 Å². The van der Waals surface area contributed by atoms with Gasteiger partial charge in [0.15, 0.2) is 5.78 Å². The predicted octanol–water partition coefficient (Wildman–Crippen LogP) is 1.99. The lowest BCUT2D eigenvalue weighted by Crippen LogP contribution is -2.57. The molecule has 1 aromatic carbocycles. The van der Waals surface area contributed by atoms with E-state index in [0.717, 1.165) is 6.92 Å². The van der Waals surface area contributed by atoms with Gasteiger partial charge in [0.1, 0.15) is 11.9 Å². The third kappa shape index (κ3) is 1.41. The molecule has 18 heavy (non-hydrogen) atoms. The van der Waals surface area contributed by atoms with Crippen LogP contribution in [0.1, 0.15) is 17.3 Å². The van der Waals surface area contributed by atoms with E-state index in [4.69, 9.17) is 9.84 Å². The number of carbonyl (C=O) groups excluding carboxylic acids is 1. The lowest BCUT2D eigenvalue weighted by Gasteiger charge is -2.37. The van der Waals surface area contributed by atoms with Gasteiger partial charge in [-0.3, -0.25) is 9.59 Å². The molecule has 1 aliphatic heterocycles. The van der Waals surface area contributed by atoms with E-state index in [9.17, 15) is 18.4 Å². The van der Waals surface area contributed by atoms with Crippen molar-refractivity contribution in [3.8, 4) is 5.75 Å². The van der Waals surface area contributed by atoms with Gasteiger partial charge in [0.25, 0.3) is 6.43 Å². The normalized spacial score (nSPS) is 26.7. The molecule has 1 heterocycles. The number of aliphatic carboxylic acids is 1. The Labute approximate surface area is 101 Å². The van der Waals surface area contributed by atoms with Crippen LogP contribution in [0.15, 0.2) is 24.3 Å². The average Bonchev–Trinajstić information content (AvgIpc) is 2.28. The summed E-state index contributed by atoms with van der Waals surface area (Å²) in [5.74, 6) is -2.85. The summed E-state index contributed by atoms with van der Waals surface area (Å²) in [6, 6.07) is 5.77. The minimum Gasteiger partial charge on any atom is -0.488 e. The zero-order valence-electron chi connectivity index (χ0n) is 9.39. The van der Waals surface area contributed by atoms with E-state index in [1.807, 2.05) is 0 Å². The Kier molecular flexibility index (Phi) is 2.80. The molecular weight excluding hydrogens is 246 g/mol. The molecule has 0 fully saturated rings. The van der Waals surface area contributed by atoms with E-state index in [2.05, 4.69) is 0 Å². The molecule has 0 amide bonds. The number of ketones is 1. The number of hydrogen-bond donors (Lipinski definition) is 1. The van der Waals surface area contributed by atoms with Crippen molar-refractivity contribution in [2.45, 2.75) is 19.5 Å². The smallest absolute Gasteiger partial charge is 0.327 e. The summed E-state index contributed by atoms with van der Waals surface area (Å²) in [4.78, 5) is 23.3. The number of para-hydroxylation sites is 1. The molecule has 0 aliphatic carbocycles. The molecule has 2 atom stereocenters. The Hall–Kier alpha value is -1.98. The Morgan fingerprint density at radius 1 is 1.44 bits per heavy atom. The van der Waals surface area contributed by atoms with E-state index >= 15 is 0 Å². The van der Waals surface area contributed by atoms with Crippen molar-refractivity contribution in [3.05, 3.63) is 29.8 Å². The summed E-state index contributed by atoms with van der Waals surface area (Å²) in [5.41, 5.74) is -2.97. The molecule has 2 rings (SSSR count). The molecule has 96 valence electrons. The first-order valence-corrected chi connectivity index (χ1v) is 5.24. The van der Waals surface area contributed by atoms with Crippen LogP contribution in [0.2, 0.25) is 0 Å². The van der Waals surface area contributed by atoms with Crippen molar-refractivity contribution >= 4 is 11.8 Å². The quantitative estimate of drug-likeness (QED) is 0.822. The number of fused-ring (bicyclic) bond motifs is 1. The van der Waals surface area contributed by atoms with Gasteiger partial charge in [-0.1, -0.05) is 12.1 Å². The van der Waals surface area contributed by atoms with Gasteiger partial charge in [0.2, 0.25) is 5.41 Å². The number of Topliss-reactive ketones (excluding diaryl/α,β-unsaturated/α-hetero) is 1. The summed E-state index contributed by atoms with van der Waals surface area (Å²) in [6.07, 6.45) is -4.77. The molecule has 0 aromatic heterocycles. The third-order valence-corrected chi connectivity index (χ3v) is 3.15. The van der Waals surface area contributed by atoms with Crippen LogP contribution >= 0.6 is 0 Å². The first-order valence-electron chi connectivity index (χ1n) is 5.24. The van der Waals surface area contributed by atoms with Gasteiger partial charge < -0.3 is 9.84 Å². The number of benzene rings is 1. The lowest BCUT2D eigenvalue weighted by atomic mass is 9.74. The van der Waals surface area contributed by atoms with Gasteiger partial charge in [0, 0.05) is 0 Å². The minimum atomic E-state index is -3.34. The number of carboxylic acids is 1. The Balaban J connectivity index is 2.65. The highest BCUT2D eigenvalue weighted by Gasteiger charge is 2.62. The summed E-state index contributed by atoms with van der Waals surface area (Å²) < 4.78 is 31.4. The number of alkyl halides is 2. The zero-order valence-corrected chi connectivity index (χ0v) is 9.39. The Bertz CT molecular complexity index is 515. The molecule has 0 saturated carbocycles. The molecule has 0 saturated heterocycles. The average molecular weight is 256 g/mol. The predicted molar refractivity (Wildman–Crippen MR) is 56.9 cm³/mol. The molecule has 2 unspecified atom stereocenters. The fourth-order valence-corrected chi connectivity index (χ4v) is 2.09. The van der Waals surface area contributed by atoms with Gasteiger partial charge in [-0.2, -0.15) is 0 Å². The molecular formula is C12H10F2O4. The van der Waals surface area contributed by atoms with Crippen molar-refractivity contribution in [1.82, 2.24) is 0 Å². The van der Waals surface area contributed by atoms with Crippen molar-refractivity contribution in [2.24, 2.45) is 5.41 Å². The van der Waals surface area contributed by atoms with Crippen molar-refractivity contribution in [3.63, 3.8) is 0 Å². The molecule has 1 N–H and O–H groups in total. The van der Waals surface area contributed by atoms with E-state index in [-0.39, 0.29) is 11.3 Å². The van der Waals surface area contributed by atoms with Gasteiger partial charge in [-0.25, -0.2) is 8.78 Å². The molecule has 1 aromatic rings. The van der Waals surface area contributed by atoms with E-state index in [1.165, 1.54) is 18.2 Å². The summed E-state index contributed by atoms with van der Waals surface area (Å²) in [5, 5.41) is 9.04. The maximum Gasteiger partial charge on any atom is 0.327 e. The minimum absolute atomic E-state index is 0.127. The number of ether oxygens (including phenoxy) is 1. The number of halogens is 2. The largest absolute Gasteiger partial charge is 0.488 e. The van der Waals surface area contributed by atoms with Gasteiger partial charge in [0.05, 0.1) is 5.56 Å². The molecule has 4 nitrogen and oxygen atoms in total. The fraction of sp³-hybridized carbons (Fsp3) is 0.333. The Morgan fingerprint density at radius 3 is 2.61 bits per heavy atom. The highest BCUT2D eigenvalue weighted by atomic mass is 19.3. The maximum atomic E-state index is 13.1. The number of hydrogen-bond acceptors (Lipinski definition) is 3. The van der Waals surface area contributed by atoms with Crippen LogP contribution in [-0.4, -0.2) is 29.4 Å². The maximum absolute atomic E-state index is 13.1. The second-order valence-corrected chi connectivity index (χ2v) is 4.06. The van der Waals surface area contributed by atoms with Crippen LogP contribution in [0.5, 0.6) is 5.75 Å². The lowest BCUT2D eigenvalue weighted by molar-refractivity contribution is -0.162. The highest BCUT2D eigenvalue weighted by Crippen LogP contribution is 2.43. The summed E-state index contributed by atoms with van der Waals surface area (Å²) >= 11 is 0. The van der Waals surface area contributed by atoms with Crippen molar-refractivity contribution in [2.75, 3.05) is 0 Å². The molecule has 0 radical (unpaired) electrons. The fourth-order valence-electron chi connectivity index (χ4n) is 2.09. The number of rotatable bonds is 2. The first-order chi connectivity index (χ1) is 8.42. The monoisotopic (exact) mass is 256 g/mol. The number of carboxylic acid groups (broad SMARTS) is 1. The molecule has 0 bridgehead atoms. The second kappa shape index (κ2) is 4.04. The van der Waals surface area contributed by atoms with Crippen molar-refractivity contribution < 1.29 is 28.2 Å². The Morgan fingerprint density at radius 2 is 2.06 bits per heavy atom. The van der Waals surface area contributed by atoms with E-state index in [0.29, 0.717) is 0 Å². The van der Waals surface area contributed by atoms with Crippen molar-refractivity contribution in [1.29, 1.82) is 0 Å². The standard InChI is InChI=1S/C12H10F2O4/c1-6-12(10(13)14,11(16)17)9(15)7-4-2-3-5-8(7)18-6/h2-6,10H,1H3,(H,16,17). The highest BCUT2D eigenvalue weighted by molar-refractivity contribution is 6.15. The van der Waals surface area contributed by atoms with Crippen LogP contribution in [0.4, 0.5) is 8.78 Å². The number of carbonyl (C=O) groups is 2. The SMILES string of the molecule is CC1Oc2ccccc2C(=O)C1(C(=O)O)C(F)F. The van der Waals surface area contributed by atoms with Crippen LogP contribution in [0, 0.1) is 5.41 Å².